The second-order valence-corrected chi connectivity index (χ2v) is 6.81. The highest BCUT2D eigenvalue weighted by molar-refractivity contribution is 9.10. The minimum absolute atomic E-state index is 0.117. The lowest BCUT2D eigenvalue weighted by Crippen LogP contribution is -2.20. The molecular formula is C11H9BrClN3O2S2. The van der Waals surface area contributed by atoms with E-state index in [4.69, 9.17) is 16.3 Å². The lowest BCUT2D eigenvalue weighted by molar-refractivity contribution is -0.118. The minimum atomic E-state index is -0.296. The number of carbonyl (C=O) groups is 1. The first-order chi connectivity index (χ1) is 9.58. The van der Waals surface area contributed by atoms with E-state index in [9.17, 15) is 4.79 Å². The standard InChI is InChI=1S/C11H9BrClN3O2S2/c1-19-11-16-15-10(20-11)14-9(17)5-18-8-3-2-6(13)4-7(8)12/h2-4H,5H2,1H3,(H,14,15,17). The number of thioether (sulfide) groups is 1. The Bertz CT molecular complexity index is 623. The SMILES string of the molecule is CSc1nnc(NC(=O)COc2ccc(Cl)cc2Br)s1. The van der Waals surface area contributed by atoms with Gasteiger partial charge >= 0.3 is 0 Å². The summed E-state index contributed by atoms with van der Waals surface area (Å²) in [6, 6.07) is 5.08. The molecule has 0 saturated heterocycles. The number of anilines is 1. The van der Waals surface area contributed by atoms with Crippen molar-refractivity contribution in [3.8, 4) is 5.75 Å². The topological polar surface area (TPSA) is 64.1 Å². The highest BCUT2D eigenvalue weighted by Gasteiger charge is 2.09. The molecule has 0 bridgehead atoms. The van der Waals surface area contributed by atoms with E-state index >= 15 is 0 Å². The molecule has 2 aromatic rings. The molecular weight excluding hydrogens is 386 g/mol. The maximum absolute atomic E-state index is 11.7. The molecule has 9 heteroatoms. The van der Waals surface area contributed by atoms with Crippen molar-refractivity contribution in [3.63, 3.8) is 0 Å². The number of benzene rings is 1. The second kappa shape index (κ2) is 7.26. The number of halogens is 2. The molecule has 5 nitrogen and oxygen atoms in total. The van der Waals surface area contributed by atoms with Crippen molar-refractivity contribution in [1.29, 1.82) is 0 Å². The number of rotatable bonds is 5. The van der Waals surface area contributed by atoms with Crippen LogP contribution in [-0.4, -0.2) is 29.0 Å². The molecule has 0 unspecified atom stereocenters. The summed E-state index contributed by atoms with van der Waals surface area (Å²) in [7, 11) is 0. The molecule has 20 heavy (non-hydrogen) atoms. The Balaban J connectivity index is 1.88. The van der Waals surface area contributed by atoms with E-state index in [0.717, 1.165) is 4.34 Å². The number of aromatic nitrogens is 2. The molecule has 2 rings (SSSR count). The van der Waals surface area contributed by atoms with Crippen LogP contribution in [0, 0.1) is 0 Å². The van der Waals surface area contributed by atoms with Gasteiger partial charge in [0, 0.05) is 5.02 Å². The second-order valence-electron chi connectivity index (χ2n) is 3.49. The molecule has 0 atom stereocenters. The summed E-state index contributed by atoms with van der Waals surface area (Å²) in [5, 5.41) is 11.4. The quantitative estimate of drug-likeness (QED) is 0.619. The van der Waals surface area contributed by atoms with Crippen LogP contribution in [-0.2, 0) is 4.79 Å². The van der Waals surface area contributed by atoms with Gasteiger partial charge in [-0.15, -0.1) is 10.2 Å². The first-order valence-electron chi connectivity index (χ1n) is 5.33. The van der Waals surface area contributed by atoms with E-state index in [1.54, 1.807) is 18.2 Å². The Morgan fingerprint density at radius 1 is 1.55 bits per heavy atom. The maximum atomic E-state index is 11.7. The van der Waals surface area contributed by atoms with E-state index < -0.39 is 0 Å². The van der Waals surface area contributed by atoms with E-state index in [0.29, 0.717) is 20.4 Å². The summed E-state index contributed by atoms with van der Waals surface area (Å²) in [6.45, 7) is -0.117. The summed E-state index contributed by atoms with van der Waals surface area (Å²) in [4.78, 5) is 11.7. The Morgan fingerprint density at radius 2 is 2.35 bits per heavy atom. The first kappa shape index (κ1) is 15.6. The number of amides is 1. The summed E-state index contributed by atoms with van der Waals surface area (Å²) in [5.41, 5.74) is 0. The molecule has 106 valence electrons. The van der Waals surface area contributed by atoms with Gasteiger partial charge in [-0.25, -0.2) is 0 Å². The number of hydrogen-bond donors (Lipinski definition) is 1. The number of ether oxygens (including phenoxy) is 1. The van der Waals surface area contributed by atoms with Crippen molar-refractivity contribution in [2.45, 2.75) is 4.34 Å². The summed E-state index contributed by atoms with van der Waals surface area (Å²) < 4.78 is 6.88. The number of nitrogens with zero attached hydrogens (tertiary/aromatic N) is 2. The first-order valence-corrected chi connectivity index (χ1v) is 8.55. The van der Waals surface area contributed by atoms with Gasteiger partial charge in [-0.3, -0.25) is 10.1 Å². The summed E-state index contributed by atoms with van der Waals surface area (Å²) >= 11 is 11.9. The Hall–Kier alpha value is -0.830. The van der Waals surface area contributed by atoms with Crippen LogP contribution in [0.4, 0.5) is 5.13 Å². The van der Waals surface area contributed by atoms with Crippen LogP contribution in [0.2, 0.25) is 5.02 Å². The van der Waals surface area contributed by atoms with Crippen LogP contribution in [0.15, 0.2) is 27.0 Å². The van der Waals surface area contributed by atoms with Crippen LogP contribution in [0.3, 0.4) is 0 Å². The fraction of sp³-hybridized carbons (Fsp3) is 0.182. The zero-order chi connectivity index (χ0) is 14.5. The van der Waals surface area contributed by atoms with Crippen molar-refractivity contribution in [2.75, 3.05) is 18.2 Å². The van der Waals surface area contributed by atoms with Gasteiger partial charge in [0.25, 0.3) is 5.91 Å². The lowest BCUT2D eigenvalue weighted by Gasteiger charge is -2.07. The average molecular weight is 395 g/mol. The molecule has 1 N–H and O–H groups in total. The lowest BCUT2D eigenvalue weighted by atomic mass is 10.3. The number of hydrogen-bond acceptors (Lipinski definition) is 6. The molecule has 0 aliphatic rings. The third-order valence-corrected chi connectivity index (χ3v) is 4.75. The van der Waals surface area contributed by atoms with E-state index in [1.807, 2.05) is 6.26 Å². The van der Waals surface area contributed by atoms with Crippen LogP contribution in [0.1, 0.15) is 0 Å². The molecule has 0 fully saturated rings. The van der Waals surface area contributed by atoms with E-state index in [-0.39, 0.29) is 12.5 Å². The predicted molar refractivity (Wildman–Crippen MR) is 85.0 cm³/mol. The Labute approximate surface area is 137 Å². The van der Waals surface area contributed by atoms with Gasteiger partial charge < -0.3 is 4.74 Å². The Morgan fingerprint density at radius 3 is 3.00 bits per heavy atom. The third-order valence-electron chi connectivity index (χ3n) is 2.08. The number of nitrogens with one attached hydrogen (secondary N) is 1. The van der Waals surface area contributed by atoms with Crippen molar-refractivity contribution < 1.29 is 9.53 Å². The van der Waals surface area contributed by atoms with Crippen molar-refractivity contribution >= 4 is 61.7 Å². The van der Waals surface area contributed by atoms with Crippen molar-refractivity contribution in [1.82, 2.24) is 10.2 Å². The van der Waals surface area contributed by atoms with Crippen LogP contribution in [0.25, 0.3) is 0 Å². The molecule has 0 aliphatic carbocycles. The van der Waals surface area contributed by atoms with Crippen LogP contribution < -0.4 is 10.1 Å². The molecule has 1 heterocycles. The summed E-state index contributed by atoms with van der Waals surface area (Å²) in [5.74, 6) is 0.252. The summed E-state index contributed by atoms with van der Waals surface area (Å²) in [6.07, 6.45) is 1.90. The maximum Gasteiger partial charge on any atom is 0.264 e. The smallest absolute Gasteiger partial charge is 0.264 e. The van der Waals surface area contributed by atoms with Crippen molar-refractivity contribution in [3.05, 3.63) is 27.7 Å². The highest BCUT2D eigenvalue weighted by atomic mass is 79.9. The average Bonchev–Trinajstić information content (AvgIpc) is 2.85. The van der Waals surface area contributed by atoms with Gasteiger partial charge in [-0.2, -0.15) is 0 Å². The van der Waals surface area contributed by atoms with Gasteiger partial charge in [0.2, 0.25) is 5.13 Å². The van der Waals surface area contributed by atoms with Gasteiger partial charge in [0.1, 0.15) is 5.75 Å². The number of carbonyl (C=O) groups excluding carboxylic acids is 1. The molecule has 0 saturated carbocycles. The highest BCUT2D eigenvalue weighted by Crippen LogP contribution is 2.28. The zero-order valence-corrected chi connectivity index (χ0v) is 14.2. The zero-order valence-electron chi connectivity index (χ0n) is 10.2. The van der Waals surface area contributed by atoms with Crippen molar-refractivity contribution in [2.24, 2.45) is 0 Å². The minimum Gasteiger partial charge on any atom is -0.483 e. The van der Waals surface area contributed by atoms with Gasteiger partial charge in [-0.1, -0.05) is 34.7 Å². The molecule has 0 aliphatic heterocycles. The monoisotopic (exact) mass is 393 g/mol. The van der Waals surface area contributed by atoms with E-state index in [1.165, 1.54) is 23.1 Å². The van der Waals surface area contributed by atoms with Crippen LogP contribution >= 0.6 is 50.6 Å². The third kappa shape index (κ3) is 4.34. The predicted octanol–water partition coefficient (Wildman–Crippen LogP) is 3.69. The Kier molecular flexibility index (Phi) is 5.64. The van der Waals surface area contributed by atoms with Gasteiger partial charge in [0.05, 0.1) is 4.47 Å². The van der Waals surface area contributed by atoms with Gasteiger partial charge in [-0.05, 0) is 40.4 Å². The van der Waals surface area contributed by atoms with E-state index in [2.05, 4.69) is 31.4 Å². The van der Waals surface area contributed by atoms with Crippen LogP contribution in [0.5, 0.6) is 5.75 Å². The normalized spacial score (nSPS) is 10.3. The molecule has 1 aromatic carbocycles. The molecule has 1 amide bonds. The fourth-order valence-corrected chi connectivity index (χ4v) is 3.22. The largest absolute Gasteiger partial charge is 0.483 e. The molecule has 0 spiro atoms. The molecule has 0 radical (unpaired) electrons. The van der Waals surface area contributed by atoms with Gasteiger partial charge in [0.15, 0.2) is 10.9 Å². The fourth-order valence-electron chi connectivity index (χ4n) is 1.23. The molecule has 1 aromatic heterocycles.